The molecule has 1 aliphatic rings. The van der Waals surface area contributed by atoms with Gasteiger partial charge in [0, 0.05) is 24.7 Å². The molecule has 3 heteroatoms. The van der Waals surface area contributed by atoms with E-state index >= 15 is 0 Å². The lowest BCUT2D eigenvalue weighted by Gasteiger charge is -2.14. The highest BCUT2D eigenvalue weighted by molar-refractivity contribution is 5.37. The summed E-state index contributed by atoms with van der Waals surface area (Å²) in [5, 5.41) is 6.95. The molecular weight excluding hydrogens is 212 g/mol. The van der Waals surface area contributed by atoms with Crippen LogP contribution in [0.1, 0.15) is 24.5 Å². The minimum Gasteiger partial charge on any atom is -0.496 e. The summed E-state index contributed by atoms with van der Waals surface area (Å²) in [5.74, 6) is 0.987. The van der Waals surface area contributed by atoms with Crippen LogP contribution in [0.4, 0.5) is 0 Å². The fourth-order valence-electron chi connectivity index (χ4n) is 2.27. The van der Waals surface area contributed by atoms with Gasteiger partial charge in [-0.1, -0.05) is 19.1 Å². The number of rotatable bonds is 5. The van der Waals surface area contributed by atoms with Crippen LogP contribution in [0.2, 0.25) is 0 Å². The molecule has 1 atom stereocenters. The van der Waals surface area contributed by atoms with Gasteiger partial charge in [0.05, 0.1) is 7.11 Å². The zero-order valence-electron chi connectivity index (χ0n) is 10.8. The van der Waals surface area contributed by atoms with E-state index in [-0.39, 0.29) is 0 Å². The van der Waals surface area contributed by atoms with Crippen LogP contribution >= 0.6 is 0 Å². The van der Waals surface area contributed by atoms with Gasteiger partial charge in [0.15, 0.2) is 0 Å². The van der Waals surface area contributed by atoms with Crippen molar-refractivity contribution in [3.05, 3.63) is 29.3 Å². The molecule has 1 aromatic rings. The molecular formula is C14H22N2O. The van der Waals surface area contributed by atoms with Crippen LogP contribution in [-0.2, 0) is 13.0 Å². The Labute approximate surface area is 104 Å². The van der Waals surface area contributed by atoms with Gasteiger partial charge in [-0.3, -0.25) is 0 Å². The molecule has 0 amide bonds. The quantitative estimate of drug-likeness (QED) is 0.813. The van der Waals surface area contributed by atoms with E-state index in [0.29, 0.717) is 6.04 Å². The average Bonchev–Trinajstić information content (AvgIpc) is 2.89. The van der Waals surface area contributed by atoms with Crippen LogP contribution in [0.25, 0.3) is 0 Å². The smallest absolute Gasteiger partial charge is 0.123 e. The largest absolute Gasteiger partial charge is 0.496 e. The summed E-state index contributed by atoms with van der Waals surface area (Å²) in [6.45, 7) is 5.28. The molecule has 1 aromatic carbocycles. The number of ether oxygens (including phenoxy) is 1. The summed E-state index contributed by atoms with van der Waals surface area (Å²) in [5.41, 5.74) is 2.63. The number of hydrogen-bond acceptors (Lipinski definition) is 3. The first kappa shape index (κ1) is 12.4. The first-order valence-corrected chi connectivity index (χ1v) is 6.43. The van der Waals surface area contributed by atoms with E-state index in [2.05, 4.69) is 35.8 Å². The van der Waals surface area contributed by atoms with E-state index in [1.165, 1.54) is 17.5 Å². The second-order valence-corrected chi connectivity index (χ2v) is 4.57. The van der Waals surface area contributed by atoms with Gasteiger partial charge < -0.3 is 15.4 Å². The highest BCUT2D eigenvalue weighted by atomic mass is 16.5. The predicted octanol–water partition coefficient (Wildman–Crippen LogP) is 1.71. The molecule has 1 saturated heterocycles. The third kappa shape index (κ3) is 3.20. The van der Waals surface area contributed by atoms with Crippen molar-refractivity contribution >= 4 is 0 Å². The predicted molar refractivity (Wildman–Crippen MR) is 70.5 cm³/mol. The third-order valence-corrected chi connectivity index (χ3v) is 3.39. The van der Waals surface area contributed by atoms with Crippen LogP contribution in [0.5, 0.6) is 5.75 Å². The Kier molecular flexibility index (Phi) is 4.40. The molecule has 2 N–H and O–H groups in total. The molecule has 1 aliphatic heterocycles. The Bertz CT molecular complexity index is 359. The molecule has 0 bridgehead atoms. The van der Waals surface area contributed by atoms with Crippen molar-refractivity contribution in [1.29, 1.82) is 0 Å². The molecule has 0 radical (unpaired) electrons. The maximum atomic E-state index is 5.40. The van der Waals surface area contributed by atoms with Crippen LogP contribution in [0.15, 0.2) is 18.2 Å². The molecule has 0 aliphatic carbocycles. The van der Waals surface area contributed by atoms with Gasteiger partial charge in [0.2, 0.25) is 0 Å². The van der Waals surface area contributed by atoms with Gasteiger partial charge >= 0.3 is 0 Å². The van der Waals surface area contributed by atoms with Crippen molar-refractivity contribution < 1.29 is 4.74 Å². The third-order valence-electron chi connectivity index (χ3n) is 3.39. The summed E-state index contributed by atoms with van der Waals surface area (Å²) < 4.78 is 5.40. The molecule has 1 unspecified atom stereocenters. The topological polar surface area (TPSA) is 33.3 Å². The molecule has 17 heavy (non-hydrogen) atoms. The molecule has 2 rings (SSSR count). The molecule has 1 fully saturated rings. The van der Waals surface area contributed by atoms with E-state index in [0.717, 1.165) is 31.8 Å². The minimum atomic E-state index is 0.602. The Morgan fingerprint density at radius 3 is 3.00 bits per heavy atom. The van der Waals surface area contributed by atoms with E-state index in [4.69, 9.17) is 4.74 Å². The normalized spacial score (nSPS) is 19.5. The fraction of sp³-hybridized carbons (Fsp3) is 0.571. The highest BCUT2D eigenvalue weighted by Gasteiger charge is 2.14. The maximum Gasteiger partial charge on any atom is 0.123 e. The molecule has 3 nitrogen and oxygen atoms in total. The fourth-order valence-corrected chi connectivity index (χ4v) is 2.27. The lowest BCUT2D eigenvalue weighted by molar-refractivity contribution is 0.405. The van der Waals surface area contributed by atoms with Crippen molar-refractivity contribution in [3.63, 3.8) is 0 Å². The van der Waals surface area contributed by atoms with Gasteiger partial charge in [0.1, 0.15) is 5.75 Å². The van der Waals surface area contributed by atoms with Gasteiger partial charge in [-0.25, -0.2) is 0 Å². The van der Waals surface area contributed by atoms with Crippen molar-refractivity contribution in [2.75, 3.05) is 20.2 Å². The number of nitrogens with one attached hydrogen (secondary N) is 2. The lowest BCUT2D eigenvalue weighted by atomic mass is 10.1. The van der Waals surface area contributed by atoms with Gasteiger partial charge in [-0.05, 0) is 31.0 Å². The zero-order valence-corrected chi connectivity index (χ0v) is 10.8. The average molecular weight is 234 g/mol. The molecule has 0 aromatic heterocycles. The summed E-state index contributed by atoms with van der Waals surface area (Å²) in [6, 6.07) is 7.06. The molecule has 0 saturated carbocycles. The lowest BCUT2D eigenvalue weighted by Crippen LogP contribution is -2.30. The van der Waals surface area contributed by atoms with Gasteiger partial charge in [-0.2, -0.15) is 0 Å². The Morgan fingerprint density at radius 2 is 2.35 bits per heavy atom. The summed E-state index contributed by atoms with van der Waals surface area (Å²) >= 11 is 0. The number of hydrogen-bond donors (Lipinski definition) is 2. The first-order chi connectivity index (χ1) is 8.33. The zero-order chi connectivity index (χ0) is 12.1. The van der Waals surface area contributed by atoms with Crippen LogP contribution in [0, 0.1) is 0 Å². The standard InChI is InChI=1S/C14H22N2O/c1-3-11-4-5-14(17-2)12(8-11)9-16-13-6-7-15-10-13/h4-5,8,13,15-16H,3,6-7,9-10H2,1-2H3. The summed E-state index contributed by atoms with van der Waals surface area (Å²) in [6.07, 6.45) is 2.29. The van der Waals surface area contributed by atoms with Crippen molar-refractivity contribution in [2.24, 2.45) is 0 Å². The van der Waals surface area contributed by atoms with E-state index < -0.39 is 0 Å². The number of benzene rings is 1. The van der Waals surface area contributed by atoms with Gasteiger partial charge in [0.25, 0.3) is 0 Å². The number of aryl methyl sites for hydroxylation is 1. The van der Waals surface area contributed by atoms with E-state index in [9.17, 15) is 0 Å². The SMILES string of the molecule is CCc1ccc(OC)c(CNC2CCNC2)c1. The molecule has 0 spiro atoms. The van der Waals surface area contributed by atoms with Crippen LogP contribution in [0.3, 0.4) is 0 Å². The summed E-state index contributed by atoms with van der Waals surface area (Å²) in [4.78, 5) is 0. The van der Waals surface area contributed by atoms with Crippen molar-refractivity contribution in [3.8, 4) is 5.75 Å². The maximum absolute atomic E-state index is 5.40. The highest BCUT2D eigenvalue weighted by Crippen LogP contribution is 2.20. The van der Waals surface area contributed by atoms with E-state index in [1.807, 2.05) is 0 Å². The second kappa shape index (κ2) is 6.03. The minimum absolute atomic E-state index is 0.602. The summed E-state index contributed by atoms with van der Waals surface area (Å²) in [7, 11) is 1.74. The Hall–Kier alpha value is -1.06. The number of methoxy groups -OCH3 is 1. The van der Waals surface area contributed by atoms with E-state index in [1.54, 1.807) is 7.11 Å². The monoisotopic (exact) mass is 234 g/mol. The van der Waals surface area contributed by atoms with Crippen molar-refractivity contribution in [1.82, 2.24) is 10.6 Å². The second-order valence-electron chi connectivity index (χ2n) is 4.57. The Morgan fingerprint density at radius 1 is 1.47 bits per heavy atom. The van der Waals surface area contributed by atoms with Crippen molar-refractivity contribution in [2.45, 2.75) is 32.4 Å². The first-order valence-electron chi connectivity index (χ1n) is 6.43. The molecule has 1 heterocycles. The van der Waals surface area contributed by atoms with Gasteiger partial charge in [-0.15, -0.1) is 0 Å². The van der Waals surface area contributed by atoms with Crippen LogP contribution < -0.4 is 15.4 Å². The van der Waals surface area contributed by atoms with Crippen LogP contribution in [-0.4, -0.2) is 26.2 Å². The molecule has 94 valence electrons. The Balaban J connectivity index is 2.01.